The molecule has 0 aromatic heterocycles. The summed E-state index contributed by atoms with van der Waals surface area (Å²) in [6.45, 7) is 0. The number of Topliss-reactive ketones (excluding diaryl/α,β-unsaturated/α-hetero) is 1. The fourth-order valence-corrected chi connectivity index (χ4v) is 3.86. The summed E-state index contributed by atoms with van der Waals surface area (Å²) >= 11 is 6.28. The van der Waals surface area contributed by atoms with Crippen LogP contribution >= 0.6 is 11.6 Å². The first-order chi connectivity index (χ1) is 14.9. The molecule has 156 valence electrons. The van der Waals surface area contributed by atoms with Crippen LogP contribution in [0.4, 0.5) is 5.69 Å². The van der Waals surface area contributed by atoms with E-state index in [0.717, 1.165) is 0 Å². The van der Waals surface area contributed by atoms with Crippen LogP contribution in [0.1, 0.15) is 17.2 Å². The van der Waals surface area contributed by atoms with Crippen LogP contribution in [0.5, 0.6) is 11.5 Å². The summed E-state index contributed by atoms with van der Waals surface area (Å²) in [6, 6.07) is 18.7. The van der Waals surface area contributed by atoms with E-state index >= 15 is 0 Å². The summed E-state index contributed by atoms with van der Waals surface area (Å²) in [5, 5.41) is 21.7. The number of hydrogen-bond acceptors (Lipinski definition) is 5. The lowest BCUT2D eigenvalue weighted by atomic mass is 9.95. The molecule has 1 amide bonds. The maximum absolute atomic E-state index is 13.1. The number of methoxy groups -OCH3 is 1. The number of hydrogen-bond donors (Lipinski definition) is 2. The Morgan fingerprint density at radius 1 is 1.00 bits per heavy atom. The van der Waals surface area contributed by atoms with Gasteiger partial charge in [-0.2, -0.15) is 0 Å². The van der Waals surface area contributed by atoms with E-state index in [1.807, 2.05) is 0 Å². The van der Waals surface area contributed by atoms with Crippen molar-refractivity contribution >= 4 is 34.7 Å². The molecule has 6 nitrogen and oxygen atoms in total. The fourth-order valence-electron chi connectivity index (χ4n) is 3.66. The van der Waals surface area contributed by atoms with Crippen LogP contribution in [-0.4, -0.2) is 29.0 Å². The number of anilines is 1. The Balaban J connectivity index is 1.99. The minimum absolute atomic E-state index is 0.130. The monoisotopic (exact) mass is 435 g/mol. The molecule has 1 aliphatic rings. The number of carbonyl (C=O) groups is 2. The van der Waals surface area contributed by atoms with E-state index in [1.54, 1.807) is 48.5 Å². The molecule has 1 atom stereocenters. The number of aliphatic hydroxyl groups is 1. The van der Waals surface area contributed by atoms with Gasteiger partial charge in [-0.25, -0.2) is 0 Å². The SMILES string of the molecule is COc1ccc(Cl)c(/C(O)=C2\C(=O)C(=O)N(c3ccccc3O)C2c2ccccc2)c1. The zero-order valence-electron chi connectivity index (χ0n) is 16.4. The van der Waals surface area contributed by atoms with Crippen LogP contribution in [0.25, 0.3) is 5.76 Å². The molecule has 7 heteroatoms. The molecule has 1 heterocycles. The molecule has 0 radical (unpaired) electrons. The number of benzene rings is 3. The number of halogens is 1. The van der Waals surface area contributed by atoms with E-state index in [1.165, 1.54) is 36.3 Å². The third kappa shape index (κ3) is 3.51. The number of phenolic OH excluding ortho intramolecular Hbond substituents is 1. The van der Waals surface area contributed by atoms with Crippen molar-refractivity contribution in [3.63, 3.8) is 0 Å². The predicted molar refractivity (Wildman–Crippen MR) is 117 cm³/mol. The van der Waals surface area contributed by atoms with E-state index in [2.05, 4.69) is 0 Å². The Bertz CT molecular complexity index is 1210. The van der Waals surface area contributed by atoms with Gasteiger partial charge in [-0.1, -0.05) is 54.1 Å². The smallest absolute Gasteiger partial charge is 0.300 e. The Hall–Kier alpha value is -3.77. The standard InChI is InChI=1S/C24H18ClNO5/c1-31-15-11-12-17(25)16(13-15)22(28)20-21(14-7-3-2-4-8-14)26(24(30)23(20)29)18-9-5-6-10-19(18)27/h2-13,21,27-28H,1H3/b22-20+. The number of aliphatic hydroxyl groups excluding tert-OH is 1. The Kier molecular flexibility index (Phi) is 5.40. The molecule has 2 N–H and O–H groups in total. The summed E-state index contributed by atoms with van der Waals surface area (Å²) in [4.78, 5) is 27.3. The van der Waals surface area contributed by atoms with Crippen molar-refractivity contribution in [1.29, 1.82) is 0 Å². The molecule has 3 aromatic rings. The summed E-state index contributed by atoms with van der Waals surface area (Å²) in [5.74, 6) is -1.90. The van der Waals surface area contributed by atoms with Crippen LogP contribution in [0.15, 0.2) is 78.4 Å². The molecule has 1 unspecified atom stereocenters. The number of ether oxygens (including phenoxy) is 1. The predicted octanol–water partition coefficient (Wildman–Crippen LogP) is 4.68. The van der Waals surface area contributed by atoms with E-state index < -0.39 is 23.5 Å². The third-order valence-corrected chi connectivity index (χ3v) is 5.46. The molecule has 1 fully saturated rings. The summed E-state index contributed by atoms with van der Waals surface area (Å²) in [6.07, 6.45) is 0. The third-order valence-electron chi connectivity index (χ3n) is 5.13. The van der Waals surface area contributed by atoms with Crippen molar-refractivity contribution in [2.45, 2.75) is 6.04 Å². The second-order valence-electron chi connectivity index (χ2n) is 6.91. The maximum atomic E-state index is 13.1. The molecular weight excluding hydrogens is 418 g/mol. The second kappa shape index (κ2) is 8.16. The number of para-hydroxylation sites is 2. The van der Waals surface area contributed by atoms with Crippen LogP contribution in [0, 0.1) is 0 Å². The number of nitrogens with zero attached hydrogens (tertiary/aromatic N) is 1. The first kappa shape index (κ1) is 20.5. The quantitative estimate of drug-likeness (QED) is 0.353. The highest BCUT2D eigenvalue weighted by atomic mass is 35.5. The lowest BCUT2D eigenvalue weighted by molar-refractivity contribution is -0.132. The van der Waals surface area contributed by atoms with Crippen LogP contribution in [-0.2, 0) is 9.59 Å². The van der Waals surface area contributed by atoms with Gasteiger partial charge in [-0.3, -0.25) is 14.5 Å². The molecule has 1 aliphatic heterocycles. The van der Waals surface area contributed by atoms with E-state index in [4.69, 9.17) is 16.3 Å². The molecule has 0 spiro atoms. The van der Waals surface area contributed by atoms with Gasteiger partial charge in [0.05, 0.1) is 29.4 Å². The van der Waals surface area contributed by atoms with Gasteiger partial charge >= 0.3 is 0 Å². The van der Waals surface area contributed by atoms with Crippen molar-refractivity contribution in [3.8, 4) is 11.5 Å². The first-order valence-corrected chi connectivity index (χ1v) is 9.79. The molecule has 3 aromatic carbocycles. The second-order valence-corrected chi connectivity index (χ2v) is 7.32. The topological polar surface area (TPSA) is 87.1 Å². The number of rotatable bonds is 4. The van der Waals surface area contributed by atoms with Gasteiger partial charge in [0.1, 0.15) is 17.3 Å². The van der Waals surface area contributed by atoms with Crippen molar-refractivity contribution in [2.24, 2.45) is 0 Å². The molecule has 4 rings (SSSR count). The molecule has 0 saturated carbocycles. The van der Waals surface area contributed by atoms with Crippen molar-refractivity contribution < 1.29 is 24.5 Å². The average Bonchev–Trinajstić information content (AvgIpc) is 3.05. The Morgan fingerprint density at radius 3 is 2.35 bits per heavy atom. The highest BCUT2D eigenvalue weighted by Crippen LogP contribution is 2.45. The lowest BCUT2D eigenvalue weighted by Gasteiger charge is -2.26. The summed E-state index contributed by atoms with van der Waals surface area (Å²) in [7, 11) is 1.47. The summed E-state index contributed by atoms with van der Waals surface area (Å²) in [5.41, 5.74) is 0.784. The van der Waals surface area contributed by atoms with Gasteiger partial charge in [-0.15, -0.1) is 0 Å². The van der Waals surface area contributed by atoms with Gasteiger partial charge in [0, 0.05) is 5.56 Å². The maximum Gasteiger partial charge on any atom is 0.300 e. The van der Waals surface area contributed by atoms with E-state index in [9.17, 15) is 19.8 Å². The van der Waals surface area contributed by atoms with Gasteiger partial charge in [0.15, 0.2) is 0 Å². The normalized spacial score (nSPS) is 17.7. The minimum Gasteiger partial charge on any atom is -0.507 e. The molecule has 1 saturated heterocycles. The summed E-state index contributed by atoms with van der Waals surface area (Å²) < 4.78 is 5.20. The van der Waals surface area contributed by atoms with Crippen LogP contribution in [0.3, 0.4) is 0 Å². The minimum atomic E-state index is -0.961. The molecule has 31 heavy (non-hydrogen) atoms. The van der Waals surface area contributed by atoms with Gasteiger partial charge in [0.2, 0.25) is 0 Å². The first-order valence-electron chi connectivity index (χ1n) is 9.42. The van der Waals surface area contributed by atoms with Crippen molar-refractivity contribution in [2.75, 3.05) is 12.0 Å². The molecule has 0 bridgehead atoms. The van der Waals surface area contributed by atoms with Crippen LogP contribution in [0.2, 0.25) is 5.02 Å². The highest BCUT2D eigenvalue weighted by molar-refractivity contribution is 6.52. The van der Waals surface area contributed by atoms with Gasteiger partial charge in [0.25, 0.3) is 11.7 Å². The highest BCUT2D eigenvalue weighted by Gasteiger charge is 2.47. The number of aromatic hydroxyl groups is 1. The van der Waals surface area contributed by atoms with E-state index in [0.29, 0.717) is 11.3 Å². The number of ketones is 1. The van der Waals surface area contributed by atoms with E-state index in [-0.39, 0.29) is 27.6 Å². The van der Waals surface area contributed by atoms with Crippen LogP contribution < -0.4 is 9.64 Å². The van der Waals surface area contributed by atoms with Gasteiger partial charge < -0.3 is 14.9 Å². The fraction of sp³-hybridized carbons (Fsp3) is 0.0833. The van der Waals surface area contributed by atoms with Crippen molar-refractivity contribution in [3.05, 3.63) is 94.5 Å². The Labute approximate surface area is 183 Å². The number of carbonyl (C=O) groups excluding carboxylic acids is 2. The Morgan fingerprint density at radius 2 is 1.68 bits per heavy atom. The molecule has 0 aliphatic carbocycles. The number of phenols is 1. The number of amides is 1. The zero-order valence-corrected chi connectivity index (χ0v) is 17.2. The largest absolute Gasteiger partial charge is 0.507 e. The lowest BCUT2D eigenvalue weighted by Crippen LogP contribution is -2.29. The van der Waals surface area contributed by atoms with Crippen molar-refractivity contribution in [1.82, 2.24) is 0 Å². The zero-order chi connectivity index (χ0) is 22.1. The molecular formula is C24H18ClNO5. The average molecular weight is 436 g/mol. The van der Waals surface area contributed by atoms with Gasteiger partial charge in [-0.05, 0) is 35.9 Å².